The van der Waals surface area contributed by atoms with E-state index >= 15 is 0 Å². The Hall–Kier alpha value is -2.93. The fraction of sp³-hybridized carbons (Fsp3) is 0.357. The van der Waals surface area contributed by atoms with Crippen LogP contribution in [0.4, 0.5) is 0 Å². The molecule has 2 saturated carbocycles. The SMILES string of the molecule is Cl.c1cc(-c2cnc([C@@H]3C[C@H]4C[C@H]4N3)[nH]2)ccc1-c1ccc(-c2cnc([C@@H]3C[C@H]4C[C@H]4N3)[nH]2)cc1. The van der Waals surface area contributed by atoms with E-state index in [2.05, 4.69) is 79.1 Å². The Morgan fingerprint density at radius 3 is 1.31 bits per heavy atom. The summed E-state index contributed by atoms with van der Waals surface area (Å²) in [6.07, 6.45) is 9.04. The van der Waals surface area contributed by atoms with Crippen LogP contribution in [0.25, 0.3) is 33.6 Å². The molecule has 6 atom stereocenters. The maximum absolute atomic E-state index is 4.65. The zero-order chi connectivity index (χ0) is 22.2. The molecule has 178 valence electrons. The second-order valence-corrected chi connectivity index (χ2v) is 10.6. The molecule has 35 heavy (non-hydrogen) atoms. The van der Waals surface area contributed by atoms with E-state index in [1.165, 1.54) is 47.9 Å². The standard InChI is InChI=1S/C28H28N6.ClH/c1-5-17(25-13-29-27(33-25)23-11-19-9-21(19)31-23)6-2-15(1)16-3-7-18(8-4-16)26-14-30-28(34-26)24-12-20-10-22(20)32-24;/h1-8,13-14,19-24,31-32H,9-12H2,(H,29,33)(H,30,34);1H/t19-,20-,21-,22-,23+,24+;/m1./s1. The summed E-state index contributed by atoms with van der Waals surface area (Å²) >= 11 is 0. The zero-order valence-electron chi connectivity index (χ0n) is 19.4. The van der Waals surface area contributed by atoms with E-state index in [9.17, 15) is 0 Å². The van der Waals surface area contributed by atoms with E-state index in [1.54, 1.807) is 0 Å². The summed E-state index contributed by atoms with van der Waals surface area (Å²) in [4.78, 5) is 16.4. The largest absolute Gasteiger partial charge is 0.341 e. The van der Waals surface area contributed by atoms with Gasteiger partial charge in [0.2, 0.25) is 0 Å². The normalized spacial score (nSPS) is 29.9. The van der Waals surface area contributed by atoms with Gasteiger partial charge < -0.3 is 20.6 Å². The number of hydrogen-bond acceptors (Lipinski definition) is 4. The van der Waals surface area contributed by atoms with Gasteiger partial charge in [-0.15, -0.1) is 12.4 Å². The molecular formula is C28H29ClN6. The Bertz CT molecular complexity index is 1230. The minimum Gasteiger partial charge on any atom is -0.341 e. The number of nitrogens with zero attached hydrogens (tertiary/aromatic N) is 2. The van der Waals surface area contributed by atoms with Crippen molar-refractivity contribution >= 4 is 12.4 Å². The molecule has 4 heterocycles. The zero-order valence-corrected chi connectivity index (χ0v) is 20.2. The summed E-state index contributed by atoms with van der Waals surface area (Å²) in [5.74, 6) is 3.89. The number of rotatable bonds is 5. The minimum atomic E-state index is 0. The van der Waals surface area contributed by atoms with Crippen molar-refractivity contribution in [1.82, 2.24) is 30.6 Å². The van der Waals surface area contributed by atoms with Crippen LogP contribution in [0.15, 0.2) is 60.9 Å². The summed E-state index contributed by atoms with van der Waals surface area (Å²) < 4.78 is 0. The van der Waals surface area contributed by atoms with Crippen molar-refractivity contribution in [2.75, 3.05) is 0 Å². The Kier molecular flexibility index (Phi) is 4.91. The lowest BCUT2D eigenvalue weighted by atomic mass is 10.0. The first kappa shape index (κ1) is 21.4. The molecule has 0 radical (unpaired) electrons. The van der Waals surface area contributed by atoms with Crippen LogP contribution >= 0.6 is 12.4 Å². The molecule has 0 amide bonds. The maximum atomic E-state index is 4.65. The smallest absolute Gasteiger partial charge is 0.123 e. The Balaban J connectivity index is 0.00000210. The predicted molar refractivity (Wildman–Crippen MR) is 139 cm³/mol. The van der Waals surface area contributed by atoms with Crippen molar-refractivity contribution in [3.8, 4) is 33.6 Å². The quantitative estimate of drug-likeness (QED) is 0.305. The number of benzene rings is 2. The predicted octanol–water partition coefficient (Wildman–Crippen LogP) is 5.40. The third kappa shape index (κ3) is 3.80. The lowest BCUT2D eigenvalue weighted by molar-refractivity contribution is 0.543. The van der Waals surface area contributed by atoms with Gasteiger partial charge in [-0.2, -0.15) is 0 Å². The molecule has 4 fully saturated rings. The third-order valence-corrected chi connectivity index (χ3v) is 8.33. The molecule has 2 aliphatic heterocycles. The van der Waals surface area contributed by atoms with E-state index in [-0.39, 0.29) is 12.4 Å². The Morgan fingerprint density at radius 1 is 0.543 bits per heavy atom. The van der Waals surface area contributed by atoms with Gasteiger partial charge in [-0.05, 0) is 59.8 Å². The van der Waals surface area contributed by atoms with Crippen LogP contribution in [0.5, 0.6) is 0 Å². The summed E-state index contributed by atoms with van der Waals surface area (Å²) in [7, 11) is 0. The van der Waals surface area contributed by atoms with Crippen molar-refractivity contribution in [1.29, 1.82) is 0 Å². The number of hydrogen-bond donors (Lipinski definition) is 4. The van der Waals surface area contributed by atoms with Crippen LogP contribution in [0.1, 0.15) is 49.4 Å². The third-order valence-electron chi connectivity index (χ3n) is 8.33. The van der Waals surface area contributed by atoms with E-state index in [0.717, 1.165) is 47.0 Å². The number of halogens is 1. The highest BCUT2D eigenvalue weighted by atomic mass is 35.5. The molecule has 0 spiro atoms. The molecule has 4 aromatic rings. The van der Waals surface area contributed by atoms with Gasteiger partial charge >= 0.3 is 0 Å². The van der Waals surface area contributed by atoms with Gasteiger partial charge in [-0.1, -0.05) is 48.5 Å². The summed E-state index contributed by atoms with van der Waals surface area (Å²) in [5.41, 5.74) is 6.95. The van der Waals surface area contributed by atoms with Gasteiger partial charge in [0.1, 0.15) is 11.6 Å². The molecule has 4 N–H and O–H groups in total. The van der Waals surface area contributed by atoms with Crippen LogP contribution in [0.2, 0.25) is 0 Å². The molecule has 0 bridgehead atoms. The number of aromatic nitrogens is 4. The number of piperidine rings is 2. The number of aromatic amines is 2. The average Bonchev–Trinajstić information content (AvgIpc) is 3.46. The number of fused-ring (bicyclic) bond motifs is 2. The van der Waals surface area contributed by atoms with Crippen LogP contribution in [-0.4, -0.2) is 32.0 Å². The highest BCUT2D eigenvalue weighted by Gasteiger charge is 2.47. The second-order valence-electron chi connectivity index (χ2n) is 10.6. The molecule has 2 aromatic heterocycles. The molecule has 2 aromatic carbocycles. The molecule has 4 aliphatic rings. The van der Waals surface area contributed by atoms with E-state index in [1.807, 2.05) is 12.4 Å². The molecular weight excluding hydrogens is 456 g/mol. The molecule has 2 aliphatic carbocycles. The highest BCUT2D eigenvalue weighted by molar-refractivity contribution is 5.85. The second kappa shape index (κ2) is 8.05. The summed E-state index contributed by atoms with van der Waals surface area (Å²) in [5, 5.41) is 7.34. The molecule has 8 rings (SSSR count). The van der Waals surface area contributed by atoms with E-state index in [4.69, 9.17) is 0 Å². The topological polar surface area (TPSA) is 81.4 Å². The average molecular weight is 485 g/mol. The van der Waals surface area contributed by atoms with Crippen molar-refractivity contribution in [2.24, 2.45) is 11.8 Å². The van der Waals surface area contributed by atoms with E-state index in [0.29, 0.717) is 12.1 Å². The van der Waals surface area contributed by atoms with Crippen molar-refractivity contribution < 1.29 is 0 Å². The van der Waals surface area contributed by atoms with Crippen molar-refractivity contribution in [3.05, 3.63) is 72.6 Å². The van der Waals surface area contributed by atoms with Gasteiger partial charge in [0.05, 0.1) is 35.9 Å². The molecule has 7 heteroatoms. The van der Waals surface area contributed by atoms with Crippen LogP contribution in [-0.2, 0) is 0 Å². The number of imidazole rings is 2. The monoisotopic (exact) mass is 484 g/mol. The molecule has 6 nitrogen and oxygen atoms in total. The van der Waals surface area contributed by atoms with Gasteiger partial charge in [-0.25, -0.2) is 9.97 Å². The van der Waals surface area contributed by atoms with Crippen LogP contribution in [0.3, 0.4) is 0 Å². The van der Waals surface area contributed by atoms with Gasteiger partial charge in [-0.3, -0.25) is 0 Å². The Labute approximate surface area is 210 Å². The minimum absolute atomic E-state index is 0. The highest BCUT2D eigenvalue weighted by Crippen LogP contribution is 2.46. The Morgan fingerprint density at radius 2 is 0.943 bits per heavy atom. The fourth-order valence-electron chi connectivity index (χ4n) is 6.07. The van der Waals surface area contributed by atoms with Gasteiger partial charge in [0, 0.05) is 12.1 Å². The van der Waals surface area contributed by atoms with Crippen molar-refractivity contribution in [3.63, 3.8) is 0 Å². The number of H-pyrrole nitrogens is 2. The van der Waals surface area contributed by atoms with Gasteiger partial charge in [0.15, 0.2) is 0 Å². The molecule has 2 saturated heterocycles. The van der Waals surface area contributed by atoms with Crippen LogP contribution in [0, 0.1) is 11.8 Å². The first-order valence-corrected chi connectivity index (χ1v) is 12.6. The first-order valence-electron chi connectivity index (χ1n) is 12.6. The van der Waals surface area contributed by atoms with E-state index < -0.39 is 0 Å². The first-order chi connectivity index (χ1) is 16.8. The van der Waals surface area contributed by atoms with Crippen LogP contribution < -0.4 is 10.6 Å². The fourth-order valence-corrected chi connectivity index (χ4v) is 6.07. The lowest BCUT2D eigenvalue weighted by Crippen LogP contribution is -2.18. The van der Waals surface area contributed by atoms with Crippen molar-refractivity contribution in [2.45, 2.75) is 49.9 Å². The summed E-state index contributed by atoms with van der Waals surface area (Å²) in [6.45, 7) is 0. The summed E-state index contributed by atoms with van der Waals surface area (Å²) in [6, 6.07) is 19.7. The van der Waals surface area contributed by atoms with Gasteiger partial charge in [0.25, 0.3) is 0 Å². The molecule has 0 unspecified atom stereocenters. The lowest BCUT2D eigenvalue weighted by Gasteiger charge is -2.09. The number of nitrogens with one attached hydrogen (secondary N) is 4. The maximum Gasteiger partial charge on any atom is 0.123 e.